The van der Waals surface area contributed by atoms with Gasteiger partial charge in [0, 0.05) is 16.5 Å². The molecule has 36 heavy (non-hydrogen) atoms. The predicted octanol–water partition coefficient (Wildman–Crippen LogP) is 7.27. The molecule has 1 atom stereocenters. The fraction of sp³-hybridized carbons (Fsp3) is 0.400. The van der Waals surface area contributed by atoms with Gasteiger partial charge in [0.1, 0.15) is 11.4 Å². The largest absolute Gasteiger partial charge is 0.465 e. The Balaban J connectivity index is 2.07. The Bertz CT molecular complexity index is 1360. The summed E-state index contributed by atoms with van der Waals surface area (Å²) >= 11 is 0. The van der Waals surface area contributed by atoms with Gasteiger partial charge in [-0.25, -0.2) is 14.0 Å². The molecule has 190 valence electrons. The number of fused-ring (bicyclic) bond motifs is 5. The number of ether oxygens (including phenoxy) is 2. The lowest BCUT2D eigenvalue weighted by atomic mass is 9.87. The number of halogens is 1. The first kappa shape index (κ1) is 25.7. The van der Waals surface area contributed by atoms with E-state index in [0.29, 0.717) is 16.7 Å². The quantitative estimate of drug-likeness (QED) is 0.340. The molecule has 0 bridgehead atoms. The number of rotatable bonds is 6. The van der Waals surface area contributed by atoms with Crippen LogP contribution < -0.4 is 0 Å². The minimum absolute atomic E-state index is 0.240. The Morgan fingerprint density at radius 1 is 1.08 bits per heavy atom. The summed E-state index contributed by atoms with van der Waals surface area (Å²) in [5.74, 6) is -0.973. The van der Waals surface area contributed by atoms with Gasteiger partial charge in [-0.3, -0.25) is 0 Å². The molecule has 3 aromatic rings. The maximum atomic E-state index is 14.4. The molecule has 5 nitrogen and oxygen atoms in total. The lowest BCUT2D eigenvalue weighted by Gasteiger charge is -2.21. The van der Waals surface area contributed by atoms with Crippen molar-refractivity contribution in [3.05, 3.63) is 64.5 Å². The number of esters is 2. The van der Waals surface area contributed by atoms with Gasteiger partial charge in [-0.1, -0.05) is 26.3 Å². The predicted molar refractivity (Wildman–Crippen MR) is 140 cm³/mol. The lowest BCUT2D eigenvalue weighted by molar-refractivity contribution is -0.150. The molecular weight excluding hydrogens is 457 g/mol. The average Bonchev–Trinajstić information content (AvgIpc) is 3.02. The van der Waals surface area contributed by atoms with Crippen LogP contribution in [0.25, 0.3) is 28.2 Å². The molecule has 0 saturated heterocycles. The number of aromatic nitrogens is 1. The summed E-state index contributed by atoms with van der Waals surface area (Å²) in [5.41, 5.74) is 4.64. The maximum Gasteiger partial charge on any atom is 0.337 e. The highest BCUT2D eigenvalue weighted by molar-refractivity contribution is 6.02. The van der Waals surface area contributed by atoms with E-state index in [2.05, 4.69) is 18.4 Å². The Labute approximate surface area is 211 Å². The molecule has 4 rings (SSSR count). The van der Waals surface area contributed by atoms with Crippen LogP contribution in [0.4, 0.5) is 4.39 Å². The van der Waals surface area contributed by atoms with Crippen LogP contribution in [0.15, 0.2) is 42.0 Å². The molecule has 1 aliphatic heterocycles. The molecule has 0 amide bonds. The first-order chi connectivity index (χ1) is 17.1. The summed E-state index contributed by atoms with van der Waals surface area (Å²) < 4.78 is 27.2. The van der Waals surface area contributed by atoms with Gasteiger partial charge >= 0.3 is 11.9 Å². The molecule has 0 spiro atoms. The van der Waals surface area contributed by atoms with Crippen molar-refractivity contribution in [2.45, 2.75) is 71.9 Å². The first-order valence-corrected chi connectivity index (χ1v) is 12.6. The summed E-state index contributed by atoms with van der Waals surface area (Å²) in [7, 11) is 1.36. The first-order valence-electron chi connectivity index (χ1n) is 12.6. The minimum Gasteiger partial charge on any atom is -0.465 e. The van der Waals surface area contributed by atoms with E-state index in [0.717, 1.165) is 47.0 Å². The van der Waals surface area contributed by atoms with E-state index in [4.69, 9.17) is 9.47 Å². The summed E-state index contributed by atoms with van der Waals surface area (Å²) in [6.45, 7) is 10.0. The molecular formula is C30H34FNO4. The van der Waals surface area contributed by atoms with Crippen LogP contribution in [0.2, 0.25) is 0 Å². The second-order valence-electron chi connectivity index (χ2n) is 10.4. The van der Waals surface area contributed by atoms with E-state index in [9.17, 15) is 14.0 Å². The number of carbonyl (C=O) groups excluding carboxylic acids is 2. The molecule has 0 saturated carbocycles. The Kier molecular flexibility index (Phi) is 7.07. The molecule has 0 aliphatic carbocycles. The van der Waals surface area contributed by atoms with E-state index in [1.54, 1.807) is 18.2 Å². The summed E-state index contributed by atoms with van der Waals surface area (Å²) in [4.78, 5) is 25.7. The molecule has 2 aromatic carbocycles. The summed E-state index contributed by atoms with van der Waals surface area (Å²) in [6.07, 6.45) is 4.68. The van der Waals surface area contributed by atoms with Crippen molar-refractivity contribution in [3.8, 4) is 11.3 Å². The van der Waals surface area contributed by atoms with Crippen molar-refractivity contribution in [1.29, 1.82) is 0 Å². The molecule has 1 unspecified atom stereocenters. The van der Waals surface area contributed by atoms with Crippen molar-refractivity contribution < 1.29 is 23.5 Å². The third-order valence-corrected chi connectivity index (χ3v) is 6.65. The SMILES string of the molecule is CCCC(CC)c1c2n(c3cc(C(=O)OC)ccc13)CC(C(=O)OC(C)(C)C)=Cc1cc(F)ccc1-2. The van der Waals surface area contributed by atoms with Crippen molar-refractivity contribution in [2.75, 3.05) is 7.11 Å². The van der Waals surface area contributed by atoms with Gasteiger partial charge in [-0.15, -0.1) is 0 Å². The van der Waals surface area contributed by atoms with E-state index >= 15 is 0 Å². The van der Waals surface area contributed by atoms with Crippen LogP contribution in [-0.4, -0.2) is 29.2 Å². The second kappa shape index (κ2) is 9.92. The summed E-state index contributed by atoms with van der Waals surface area (Å²) in [6, 6.07) is 10.3. The fourth-order valence-electron chi connectivity index (χ4n) is 5.13. The van der Waals surface area contributed by atoms with Crippen molar-refractivity contribution >= 4 is 28.9 Å². The molecule has 6 heteroatoms. The van der Waals surface area contributed by atoms with Gasteiger partial charge in [-0.05, 0) is 87.1 Å². The van der Waals surface area contributed by atoms with Crippen LogP contribution in [0.3, 0.4) is 0 Å². The maximum absolute atomic E-state index is 14.4. The average molecular weight is 492 g/mol. The number of nitrogens with zero attached hydrogens (tertiary/aromatic N) is 1. The van der Waals surface area contributed by atoms with Crippen LogP contribution in [-0.2, 0) is 20.8 Å². The van der Waals surface area contributed by atoms with E-state index in [-0.39, 0.29) is 18.3 Å². The number of hydrogen-bond donors (Lipinski definition) is 0. The molecule has 0 N–H and O–H groups in total. The normalized spacial score (nSPS) is 13.9. The third kappa shape index (κ3) is 4.81. The van der Waals surface area contributed by atoms with Crippen LogP contribution in [0, 0.1) is 5.82 Å². The van der Waals surface area contributed by atoms with Gasteiger partial charge in [0.05, 0.1) is 30.5 Å². The van der Waals surface area contributed by atoms with Crippen molar-refractivity contribution in [3.63, 3.8) is 0 Å². The van der Waals surface area contributed by atoms with Gasteiger partial charge in [0.2, 0.25) is 0 Å². The minimum atomic E-state index is -0.672. The fourth-order valence-corrected chi connectivity index (χ4v) is 5.13. The molecule has 1 aliphatic rings. The van der Waals surface area contributed by atoms with Crippen LogP contribution >= 0.6 is 0 Å². The van der Waals surface area contributed by atoms with Gasteiger partial charge in [-0.2, -0.15) is 0 Å². The van der Waals surface area contributed by atoms with Gasteiger partial charge in [0.25, 0.3) is 0 Å². The zero-order chi connectivity index (χ0) is 26.2. The third-order valence-electron chi connectivity index (χ3n) is 6.65. The summed E-state index contributed by atoms with van der Waals surface area (Å²) in [5, 5.41) is 1.03. The second-order valence-corrected chi connectivity index (χ2v) is 10.4. The van der Waals surface area contributed by atoms with Crippen molar-refractivity contribution in [1.82, 2.24) is 4.57 Å². The molecule has 2 heterocycles. The number of methoxy groups -OCH3 is 1. The smallest absolute Gasteiger partial charge is 0.337 e. The van der Waals surface area contributed by atoms with E-state index in [1.165, 1.54) is 19.2 Å². The van der Waals surface area contributed by atoms with E-state index in [1.807, 2.05) is 32.9 Å². The zero-order valence-corrected chi connectivity index (χ0v) is 21.9. The Morgan fingerprint density at radius 3 is 2.47 bits per heavy atom. The highest BCUT2D eigenvalue weighted by atomic mass is 19.1. The van der Waals surface area contributed by atoms with Crippen LogP contribution in [0.1, 0.15) is 81.3 Å². The number of carbonyl (C=O) groups is 2. The van der Waals surface area contributed by atoms with Gasteiger partial charge < -0.3 is 14.0 Å². The monoisotopic (exact) mass is 491 g/mol. The Hall–Kier alpha value is -3.41. The number of hydrogen-bond acceptors (Lipinski definition) is 4. The highest BCUT2D eigenvalue weighted by Gasteiger charge is 2.30. The highest BCUT2D eigenvalue weighted by Crippen LogP contribution is 2.45. The number of benzene rings is 2. The van der Waals surface area contributed by atoms with Gasteiger partial charge in [0.15, 0.2) is 0 Å². The van der Waals surface area contributed by atoms with E-state index < -0.39 is 17.5 Å². The zero-order valence-electron chi connectivity index (χ0n) is 21.9. The Morgan fingerprint density at radius 2 is 1.83 bits per heavy atom. The molecule has 0 fully saturated rings. The van der Waals surface area contributed by atoms with Crippen molar-refractivity contribution in [2.24, 2.45) is 0 Å². The molecule has 1 aromatic heterocycles. The standard InChI is InChI=1S/C30H34FNO4/c1-7-9-18(8-2)26-24-12-10-19(28(33)35-6)16-25(24)32-17-21(29(34)36-30(3,4)5)14-20-15-22(31)11-13-23(20)27(26)32/h10-16,18H,7-9,17H2,1-6H3. The molecule has 0 radical (unpaired) electrons. The lowest BCUT2D eigenvalue weighted by Crippen LogP contribution is -2.26. The topological polar surface area (TPSA) is 57.5 Å². The van der Waals surface area contributed by atoms with Crippen LogP contribution in [0.5, 0.6) is 0 Å².